The van der Waals surface area contributed by atoms with Crippen LogP contribution in [0.25, 0.3) is 0 Å². The van der Waals surface area contributed by atoms with Crippen molar-refractivity contribution in [1.29, 1.82) is 0 Å². The highest BCUT2D eigenvalue weighted by atomic mass is 127. The normalized spacial score (nSPS) is 11.1. The zero-order valence-corrected chi connectivity index (χ0v) is 19.4. The first-order valence-corrected chi connectivity index (χ1v) is 9.21. The molecule has 0 fully saturated rings. The summed E-state index contributed by atoms with van der Waals surface area (Å²) in [4.78, 5) is 8.84. The summed E-state index contributed by atoms with van der Waals surface area (Å²) in [6, 6.07) is 5.64. The zero-order chi connectivity index (χ0) is 18.9. The van der Waals surface area contributed by atoms with Gasteiger partial charge in [0.05, 0.1) is 12.3 Å². The van der Waals surface area contributed by atoms with Crippen LogP contribution in [0, 0.1) is 20.8 Å². The lowest BCUT2D eigenvalue weighted by atomic mass is 10.2. The second kappa shape index (κ2) is 12.1. The molecule has 0 saturated carbocycles. The fourth-order valence-electron chi connectivity index (χ4n) is 2.33. The quantitative estimate of drug-likeness (QED) is 0.240. The molecule has 0 spiro atoms. The lowest BCUT2D eigenvalue weighted by Gasteiger charge is -2.12. The van der Waals surface area contributed by atoms with E-state index in [1.165, 1.54) is 0 Å². The van der Waals surface area contributed by atoms with E-state index in [-0.39, 0.29) is 24.0 Å². The van der Waals surface area contributed by atoms with Crippen LogP contribution in [0.3, 0.4) is 0 Å². The molecule has 0 aliphatic carbocycles. The summed E-state index contributed by atoms with van der Waals surface area (Å²) in [5, 5.41) is 7.22. The van der Waals surface area contributed by atoms with Gasteiger partial charge in [-0.25, -0.2) is 9.98 Å². The van der Waals surface area contributed by atoms with E-state index in [0.29, 0.717) is 19.0 Å². The first-order chi connectivity index (χ1) is 12.5. The van der Waals surface area contributed by atoms with Gasteiger partial charge in [0.2, 0.25) is 5.89 Å². The van der Waals surface area contributed by atoms with E-state index in [2.05, 4.69) is 20.6 Å². The Morgan fingerprint density at radius 2 is 2.04 bits per heavy atom. The van der Waals surface area contributed by atoms with Gasteiger partial charge in [-0.3, -0.25) is 0 Å². The number of nitrogens with zero attached hydrogens (tertiary/aromatic N) is 2. The van der Waals surface area contributed by atoms with Crippen molar-refractivity contribution in [2.24, 2.45) is 4.99 Å². The van der Waals surface area contributed by atoms with E-state index in [9.17, 15) is 0 Å². The molecule has 2 aromatic rings. The molecule has 0 aliphatic heterocycles. The molecule has 150 valence electrons. The van der Waals surface area contributed by atoms with Gasteiger partial charge in [0.25, 0.3) is 0 Å². The standard InChI is InChI=1S/C19H27ClN4O2.HI/c1-5-21-19(23-12-18-24-14(3)15(4)26-18)22-9-6-10-25-17-8-7-16(20)11-13(17)2;/h7-8,11H,5-6,9-10,12H2,1-4H3,(H2,21,22,23);1H. The Bertz CT molecular complexity index is 730. The van der Waals surface area contributed by atoms with Gasteiger partial charge >= 0.3 is 0 Å². The van der Waals surface area contributed by atoms with Crippen molar-refractivity contribution in [2.75, 3.05) is 19.7 Å². The van der Waals surface area contributed by atoms with E-state index in [4.69, 9.17) is 20.8 Å². The molecule has 8 heteroatoms. The van der Waals surface area contributed by atoms with Crippen molar-refractivity contribution in [3.63, 3.8) is 0 Å². The molecular weight excluding hydrogens is 479 g/mol. The van der Waals surface area contributed by atoms with Gasteiger partial charge in [0.1, 0.15) is 18.1 Å². The highest BCUT2D eigenvalue weighted by Crippen LogP contribution is 2.21. The summed E-state index contributed by atoms with van der Waals surface area (Å²) in [6.07, 6.45) is 0.851. The third kappa shape index (κ3) is 7.96. The van der Waals surface area contributed by atoms with Gasteiger partial charge in [-0.1, -0.05) is 11.6 Å². The van der Waals surface area contributed by atoms with Crippen molar-refractivity contribution in [1.82, 2.24) is 15.6 Å². The first-order valence-electron chi connectivity index (χ1n) is 8.83. The lowest BCUT2D eigenvalue weighted by Crippen LogP contribution is -2.38. The summed E-state index contributed by atoms with van der Waals surface area (Å²) in [6.45, 7) is 10.4. The number of hydrogen-bond acceptors (Lipinski definition) is 4. The van der Waals surface area contributed by atoms with Crippen LogP contribution in [0.4, 0.5) is 0 Å². The maximum atomic E-state index is 5.95. The lowest BCUT2D eigenvalue weighted by molar-refractivity contribution is 0.309. The number of oxazole rings is 1. The minimum absolute atomic E-state index is 0. The predicted molar refractivity (Wildman–Crippen MR) is 121 cm³/mol. The molecule has 0 radical (unpaired) electrons. The van der Waals surface area contributed by atoms with Crippen LogP contribution in [-0.2, 0) is 6.54 Å². The highest BCUT2D eigenvalue weighted by molar-refractivity contribution is 14.0. The van der Waals surface area contributed by atoms with Gasteiger partial charge in [-0.05, 0) is 57.9 Å². The highest BCUT2D eigenvalue weighted by Gasteiger charge is 2.05. The summed E-state index contributed by atoms with van der Waals surface area (Å²) in [7, 11) is 0. The van der Waals surface area contributed by atoms with Crippen LogP contribution < -0.4 is 15.4 Å². The van der Waals surface area contributed by atoms with Crippen molar-refractivity contribution in [2.45, 2.75) is 40.7 Å². The van der Waals surface area contributed by atoms with Crippen molar-refractivity contribution in [3.05, 3.63) is 46.1 Å². The monoisotopic (exact) mass is 506 g/mol. The van der Waals surface area contributed by atoms with Crippen LogP contribution in [0.15, 0.2) is 27.6 Å². The number of benzene rings is 1. The van der Waals surface area contributed by atoms with Crippen LogP contribution in [0.5, 0.6) is 5.75 Å². The minimum Gasteiger partial charge on any atom is -0.493 e. The number of hydrogen-bond donors (Lipinski definition) is 2. The molecule has 2 N–H and O–H groups in total. The minimum atomic E-state index is 0. The number of aromatic nitrogens is 1. The van der Waals surface area contributed by atoms with Crippen molar-refractivity contribution in [3.8, 4) is 5.75 Å². The predicted octanol–water partition coefficient (Wildman–Crippen LogP) is 4.40. The van der Waals surface area contributed by atoms with E-state index < -0.39 is 0 Å². The SMILES string of the molecule is CCNC(=NCc1nc(C)c(C)o1)NCCCOc1ccc(Cl)cc1C.I. The zero-order valence-electron chi connectivity index (χ0n) is 16.3. The van der Waals surface area contributed by atoms with Crippen LogP contribution in [0.2, 0.25) is 5.02 Å². The smallest absolute Gasteiger partial charge is 0.216 e. The van der Waals surface area contributed by atoms with Crippen LogP contribution in [0.1, 0.15) is 36.3 Å². The number of halogens is 2. The number of nitrogens with one attached hydrogen (secondary N) is 2. The molecule has 0 unspecified atom stereocenters. The fraction of sp³-hybridized carbons (Fsp3) is 0.474. The molecule has 0 atom stereocenters. The molecule has 0 bridgehead atoms. The maximum Gasteiger partial charge on any atom is 0.216 e. The second-order valence-corrected chi connectivity index (χ2v) is 6.42. The number of aryl methyl sites for hydroxylation is 3. The molecule has 6 nitrogen and oxygen atoms in total. The summed E-state index contributed by atoms with van der Waals surface area (Å²) >= 11 is 5.95. The number of rotatable bonds is 8. The Balaban J connectivity index is 0.00000364. The Morgan fingerprint density at radius 1 is 1.26 bits per heavy atom. The van der Waals surface area contributed by atoms with E-state index in [1.807, 2.05) is 45.9 Å². The first kappa shape index (κ1) is 23.6. The van der Waals surface area contributed by atoms with Crippen molar-refractivity contribution >= 4 is 41.5 Å². The van der Waals surface area contributed by atoms with Crippen LogP contribution in [-0.4, -0.2) is 30.6 Å². The Morgan fingerprint density at radius 3 is 2.67 bits per heavy atom. The third-order valence-electron chi connectivity index (χ3n) is 3.80. The van der Waals surface area contributed by atoms with Gasteiger partial charge in [-0.2, -0.15) is 0 Å². The summed E-state index contributed by atoms with van der Waals surface area (Å²) in [5.41, 5.74) is 1.94. The average molecular weight is 507 g/mol. The average Bonchev–Trinajstić information content (AvgIpc) is 2.92. The van der Waals surface area contributed by atoms with E-state index >= 15 is 0 Å². The van der Waals surface area contributed by atoms with E-state index in [1.54, 1.807) is 0 Å². The van der Waals surface area contributed by atoms with Crippen LogP contribution >= 0.6 is 35.6 Å². The number of ether oxygens (including phenoxy) is 1. The number of aliphatic imine (C=N–C) groups is 1. The van der Waals surface area contributed by atoms with Crippen molar-refractivity contribution < 1.29 is 9.15 Å². The molecule has 0 aliphatic rings. The molecule has 27 heavy (non-hydrogen) atoms. The van der Waals surface area contributed by atoms with Gasteiger partial charge in [0.15, 0.2) is 5.96 Å². The summed E-state index contributed by atoms with van der Waals surface area (Å²) in [5.74, 6) is 3.06. The Kier molecular flexibility index (Phi) is 10.5. The third-order valence-corrected chi connectivity index (χ3v) is 4.03. The maximum absolute atomic E-state index is 5.95. The fourth-order valence-corrected chi connectivity index (χ4v) is 2.56. The topological polar surface area (TPSA) is 71.7 Å². The molecule has 0 amide bonds. The van der Waals surface area contributed by atoms with E-state index in [0.717, 1.165) is 53.3 Å². The molecular formula is C19H28ClIN4O2. The second-order valence-electron chi connectivity index (χ2n) is 5.98. The van der Waals surface area contributed by atoms with Gasteiger partial charge < -0.3 is 19.8 Å². The molecule has 0 saturated heterocycles. The molecule has 1 aromatic carbocycles. The summed E-state index contributed by atoms with van der Waals surface area (Å²) < 4.78 is 11.3. The Hall–Kier alpha value is -1.48. The van der Waals surface area contributed by atoms with Gasteiger partial charge in [-0.15, -0.1) is 24.0 Å². The molecule has 2 rings (SSSR count). The van der Waals surface area contributed by atoms with Gasteiger partial charge in [0, 0.05) is 18.1 Å². The Labute approximate surface area is 183 Å². The molecule has 1 aromatic heterocycles. The number of guanidine groups is 1. The largest absolute Gasteiger partial charge is 0.493 e. The molecule has 1 heterocycles.